The van der Waals surface area contributed by atoms with Gasteiger partial charge >= 0.3 is 0 Å². The van der Waals surface area contributed by atoms with Crippen LogP contribution in [-0.4, -0.2) is 15.8 Å². The standard InChI is InChI=1S/C25H18N2OS2/c28-25-23-19(11-13-21(26-23)29-15-17-7-3-1-4-8-17)20-12-14-22(27-24(20)25)30-16-18-9-5-2-6-10-18/h1-14H,15-16H2. The van der Waals surface area contributed by atoms with Gasteiger partial charge in [0, 0.05) is 22.6 Å². The predicted molar refractivity (Wildman–Crippen MR) is 123 cm³/mol. The quantitative estimate of drug-likeness (QED) is 0.299. The Morgan fingerprint density at radius 1 is 0.567 bits per heavy atom. The molecule has 0 bridgehead atoms. The fourth-order valence-electron chi connectivity index (χ4n) is 3.40. The molecular formula is C25H18N2OS2. The molecule has 0 saturated heterocycles. The smallest absolute Gasteiger partial charge is 0.231 e. The van der Waals surface area contributed by atoms with Crippen molar-refractivity contribution < 1.29 is 4.79 Å². The second-order valence-electron chi connectivity index (χ2n) is 6.97. The van der Waals surface area contributed by atoms with E-state index >= 15 is 0 Å². The van der Waals surface area contributed by atoms with Gasteiger partial charge in [-0.25, -0.2) is 9.97 Å². The number of hydrogen-bond acceptors (Lipinski definition) is 5. The summed E-state index contributed by atoms with van der Waals surface area (Å²) in [5.41, 5.74) is 5.27. The maximum absolute atomic E-state index is 13.0. The molecule has 5 heteroatoms. The van der Waals surface area contributed by atoms with Gasteiger partial charge < -0.3 is 0 Å². The molecule has 0 aliphatic heterocycles. The molecule has 0 amide bonds. The van der Waals surface area contributed by atoms with Crippen molar-refractivity contribution in [3.63, 3.8) is 0 Å². The maximum atomic E-state index is 13.0. The maximum Gasteiger partial charge on any atom is 0.231 e. The molecule has 3 nitrogen and oxygen atoms in total. The predicted octanol–water partition coefficient (Wildman–Crippen LogP) is 6.27. The lowest BCUT2D eigenvalue weighted by atomic mass is 10.1. The van der Waals surface area contributed by atoms with Gasteiger partial charge in [-0.05, 0) is 35.4 Å². The number of fused-ring (bicyclic) bond motifs is 3. The fourth-order valence-corrected chi connectivity index (χ4v) is 5.05. The molecular weight excluding hydrogens is 408 g/mol. The number of thioether (sulfide) groups is 2. The van der Waals surface area contributed by atoms with Gasteiger partial charge in [0.2, 0.25) is 5.78 Å². The first-order valence-corrected chi connectivity index (χ1v) is 11.7. The van der Waals surface area contributed by atoms with E-state index < -0.39 is 0 Å². The summed E-state index contributed by atoms with van der Waals surface area (Å²) in [5, 5.41) is 1.72. The van der Waals surface area contributed by atoms with E-state index in [-0.39, 0.29) is 5.78 Å². The number of benzene rings is 2. The Labute approximate surface area is 184 Å². The van der Waals surface area contributed by atoms with E-state index in [2.05, 4.69) is 34.2 Å². The Morgan fingerprint density at radius 3 is 1.43 bits per heavy atom. The SMILES string of the molecule is O=C1c2nc(SCc3ccccc3)ccc2-c2ccc(SCc3ccccc3)nc21. The van der Waals surface area contributed by atoms with Gasteiger partial charge in [0.15, 0.2) is 0 Å². The number of carbonyl (C=O) groups is 1. The molecule has 2 aromatic carbocycles. The van der Waals surface area contributed by atoms with E-state index in [9.17, 15) is 4.79 Å². The third-order valence-electron chi connectivity index (χ3n) is 4.92. The summed E-state index contributed by atoms with van der Waals surface area (Å²) in [5.74, 6) is 1.57. The lowest BCUT2D eigenvalue weighted by Gasteiger charge is -2.04. The number of pyridine rings is 2. The van der Waals surface area contributed by atoms with Gasteiger partial charge in [-0.1, -0.05) is 60.7 Å². The van der Waals surface area contributed by atoms with Crippen LogP contribution in [0, 0.1) is 0 Å². The minimum absolute atomic E-state index is 0.0793. The van der Waals surface area contributed by atoms with Gasteiger partial charge in [-0.2, -0.15) is 0 Å². The van der Waals surface area contributed by atoms with E-state index in [1.54, 1.807) is 23.5 Å². The topological polar surface area (TPSA) is 42.9 Å². The highest BCUT2D eigenvalue weighted by atomic mass is 32.2. The van der Waals surface area contributed by atoms with E-state index in [0.717, 1.165) is 32.7 Å². The van der Waals surface area contributed by atoms with Crippen LogP contribution in [0.3, 0.4) is 0 Å². The highest BCUT2D eigenvalue weighted by molar-refractivity contribution is 7.98. The molecule has 0 spiro atoms. The van der Waals surface area contributed by atoms with Crippen LogP contribution in [0.25, 0.3) is 11.1 Å². The lowest BCUT2D eigenvalue weighted by Crippen LogP contribution is -2.02. The summed E-state index contributed by atoms with van der Waals surface area (Å²) in [6.45, 7) is 0. The first-order valence-electron chi connectivity index (χ1n) is 9.68. The Morgan fingerprint density at radius 2 is 1.00 bits per heavy atom. The number of aromatic nitrogens is 2. The Hall–Kier alpha value is -2.89. The summed E-state index contributed by atoms with van der Waals surface area (Å²) in [6, 6.07) is 28.5. The second kappa shape index (κ2) is 8.46. The molecule has 1 aliphatic rings. The van der Waals surface area contributed by atoms with Crippen LogP contribution in [0.4, 0.5) is 0 Å². The zero-order valence-electron chi connectivity index (χ0n) is 16.1. The van der Waals surface area contributed by atoms with Crippen molar-refractivity contribution in [2.45, 2.75) is 21.6 Å². The normalized spacial score (nSPS) is 11.9. The van der Waals surface area contributed by atoms with Crippen LogP contribution in [0.15, 0.2) is 95.0 Å². The Kier molecular flexibility index (Phi) is 5.39. The monoisotopic (exact) mass is 426 g/mol. The van der Waals surface area contributed by atoms with Gasteiger partial charge in [0.05, 0.1) is 10.1 Å². The van der Waals surface area contributed by atoms with Crippen LogP contribution >= 0.6 is 23.5 Å². The number of hydrogen-bond donors (Lipinski definition) is 0. The number of rotatable bonds is 6. The molecule has 2 aromatic heterocycles. The van der Waals surface area contributed by atoms with Crippen molar-refractivity contribution in [3.8, 4) is 11.1 Å². The number of nitrogens with zero attached hydrogens (tertiary/aromatic N) is 2. The molecule has 30 heavy (non-hydrogen) atoms. The molecule has 146 valence electrons. The summed E-state index contributed by atoms with van der Waals surface area (Å²) in [7, 11) is 0. The molecule has 0 radical (unpaired) electrons. The van der Waals surface area contributed by atoms with Crippen LogP contribution in [-0.2, 0) is 11.5 Å². The van der Waals surface area contributed by atoms with Crippen LogP contribution < -0.4 is 0 Å². The number of ketones is 1. The zero-order chi connectivity index (χ0) is 20.3. The molecule has 0 fully saturated rings. The summed E-state index contributed by atoms with van der Waals surface area (Å²) in [6.07, 6.45) is 0. The minimum atomic E-state index is -0.0793. The van der Waals surface area contributed by atoms with Crippen LogP contribution in [0.1, 0.15) is 27.3 Å². The average Bonchev–Trinajstić information content (AvgIpc) is 3.09. The van der Waals surface area contributed by atoms with Crippen LogP contribution in [0.2, 0.25) is 0 Å². The van der Waals surface area contributed by atoms with Crippen molar-refractivity contribution in [3.05, 3.63) is 107 Å². The Bertz CT molecular complexity index is 1120. The first kappa shape index (κ1) is 19.1. The molecule has 4 aromatic rings. The van der Waals surface area contributed by atoms with Crippen molar-refractivity contribution in [2.24, 2.45) is 0 Å². The van der Waals surface area contributed by atoms with E-state index in [1.165, 1.54) is 11.1 Å². The minimum Gasteiger partial charge on any atom is -0.285 e. The molecule has 0 saturated carbocycles. The van der Waals surface area contributed by atoms with E-state index in [0.29, 0.717) is 11.4 Å². The van der Waals surface area contributed by atoms with Crippen molar-refractivity contribution in [2.75, 3.05) is 0 Å². The van der Waals surface area contributed by atoms with Crippen molar-refractivity contribution in [1.29, 1.82) is 0 Å². The largest absolute Gasteiger partial charge is 0.285 e. The van der Waals surface area contributed by atoms with Crippen molar-refractivity contribution >= 4 is 29.3 Å². The van der Waals surface area contributed by atoms with Gasteiger partial charge in [-0.3, -0.25) is 4.79 Å². The summed E-state index contributed by atoms with van der Waals surface area (Å²) >= 11 is 3.28. The molecule has 5 rings (SSSR count). The molecule has 0 N–H and O–H groups in total. The van der Waals surface area contributed by atoms with Gasteiger partial charge in [0.25, 0.3) is 0 Å². The highest BCUT2D eigenvalue weighted by Crippen LogP contribution is 2.37. The molecule has 2 heterocycles. The van der Waals surface area contributed by atoms with E-state index in [4.69, 9.17) is 0 Å². The van der Waals surface area contributed by atoms with Crippen LogP contribution in [0.5, 0.6) is 0 Å². The highest BCUT2D eigenvalue weighted by Gasteiger charge is 2.30. The number of carbonyl (C=O) groups excluding carboxylic acids is 1. The van der Waals surface area contributed by atoms with Gasteiger partial charge in [-0.15, -0.1) is 23.5 Å². The summed E-state index contributed by atoms with van der Waals surface area (Å²) in [4.78, 5) is 22.3. The van der Waals surface area contributed by atoms with E-state index in [1.807, 2.05) is 60.7 Å². The third kappa shape index (κ3) is 3.91. The average molecular weight is 427 g/mol. The van der Waals surface area contributed by atoms with Gasteiger partial charge in [0.1, 0.15) is 11.4 Å². The fraction of sp³-hybridized carbons (Fsp3) is 0.0800. The first-order chi connectivity index (χ1) is 14.8. The molecule has 0 unspecified atom stereocenters. The third-order valence-corrected chi connectivity index (χ3v) is 6.92. The molecule has 1 aliphatic carbocycles. The summed E-state index contributed by atoms with van der Waals surface area (Å²) < 4.78 is 0. The Balaban J connectivity index is 1.34. The lowest BCUT2D eigenvalue weighted by molar-refractivity contribution is 0.103. The zero-order valence-corrected chi connectivity index (χ0v) is 17.7. The molecule has 0 atom stereocenters. The van der Waals surface area contributed by atoms with Crippen molar-refractivity contribution in [1.82, 2.24) is 9.97 Å². The second-order valence-corrected chi connectivity index (χ2v) is 8.96.